The van der Waals surface area contributed by atoms with Crippen LogP contribution >= 0.6 is 0 Å². The highest BCUT2D eigenvalue weighted by Gasteiger charge is 2.46. The number of carbonyl (C=O) groups excluding carboxylic acids is 1. The first-order valence-electron chi connectivity index (χ1n) is 8.39. The van der Waals surface area contributed by atoms with Crippen LogP contribution in [-0.2, 0) is 26.0 Å². The van der Waals surface area contributed by atoms with Gasteiger partial charge >= 0.3 is 0 Å². The molecule has 25 heavy (non-hydrogen) atoms. The van der Waals surface area contributed by atoms with E-state index in [2.05, 4.69) is 5.32 Å². The van der Waals surface area contributed by atoms with E-state index in [0.29, 0.717) is 18.4 Å². The van der Waals surface area contributed by atoms with E-state index in [4.69, 9.17) is 4.74 Å². The Morgan fingerprint density at radius 1 is 1.40 bits per heavy atom. The number of alkyl halides is 1. The fourth-order valence-electron chi connectivity index (χ4n) is 2.98. The summed E-state index contributed by atoms with van der Waals surface area (Å²) in [6.45, 7) is 2.07. The van der Waals surface area contributed by atoms with E-state index < -0.39 is 28.1 Å². The van der Waals surface area contributed by atoms with Crippen molar-refractivity contribution in [1.82, 2.24) is 9.62 Å². The highest BCUT2D eigenvalue weighted by molar-refractivity contribution is 7.89. The molecule has 1 atom stereocenters. The second kappa shape index (κ2) is 8.25. The largest absolute Gasteiger partial charge is 0.383 e. The molecule has 0 saturated carbocycles. The molecule has 1 fully saturated rings. The molecule has 1 saturated heterocycles. The maximum absolute atomic E-state index is 15.1. The third-order valence-corrected chi connectivity index (χ3v) is 6.32. The van der Waals surface area contributed by atoms with Gasteiger partial charge in [-0.25, -0.2) is 12.8 Å². The summed E-state index contributed by atoms with van der Waals surface area (Å²) < 4.78 is 46.9. The number of carbonyl (C=O) groups is 1. The first-order chi connectivity index (χ1) is 11.8. The van der Waals surface area contributed by atoms with E-state index in [-0.39, 0.29) is 31.0 Å². The third kappa shape index (κ3) is 4.37. The molecule has 1 aromatic carbocycles. The Morgan fingerprint density at radius 3 is 2.80 bits per heavy atom. The molecule has 1 heterocycles. The van der Waals surface area contributed by atoms with Gasteiger partial charge in [-0.1, -0.05) is 25.1 Å². The quantitative estimate of drug-likeness (QED) is 0.736. The number of sulfonamides is 1. The number of halogens is 1. The summed E-state index contributed by atoms with van der Waals surface area (Å²) in [6, 6.07) is 6.70. The van der Waals surface area contributed by atoms with Crippen molar-refractivity contribution in [2.75, 3.05) is 33.4 Å². The van der Waals surface area contributed by atoms with Gasteiger partial charge in [0.1, 0.15) is 0 Å². The molecule has 1 aliphatic heterocycles. The van der Waals surface area contributed by atoms with Crippen LogP contribution in [0.1, 0.15) is 25.3 Å². The van der Waals surface area contributed by atoms with Gasteiger partial charge in [-0.3, -0.25) is 4.79 Å². The highest BCUT2D eigenvalue weighted by Crippen LogP contribution is 2.30. The van der Waals surface area contributed by atoms with Crippen LogP contribution in [-0.4, -0.2) is 57.6 Å². The summed E-state index contributed by atoms with van der Waals surface area (Å²) in [5.74, 6) is -0.784. The average Bonchev–Trinajstić information content (AvgIpc) is 2.61. The summed E-state index contributed by atoms with van der Waals surface area (Å²) in [5.41, 5.74) is -1.54. The van der Waals surface area contributed by atoms with Crippen molar-refractivity contribution in [3.05, 3.63) is 29.8 Å². The van der Waals surface area contributed by atoms with Crippen LogP contribution in [0.25, 0.3) is 0 Å². The Kier molecular flexibility index (Phi) is 6.53. The molecule has 0 aromatic heterocycles. The van der Waals surface area contributed by atoms with E-state index >= 15 is 4.39 Å². The van der Waals surface area contributed by atoms with E-state index in [1.54, 1.807) is 18.2 Å². The maximum Gasteiger partial charge on any atom is 0.259 e. The molecular formula is C17H25FN2O4S. The van der Waals surface area contributed by atoms with Gasteiger partial charge < -0.3 is 10.1 Å². The predicted molar refractivity (Wildman–Crippen MR) is 92.5 cm³/mol. The molecule has 2 rings (SSSR count). The smallest absolute Gasteiger partial charge is 0.259 e. The lowest BCUT2D eigenvalue weighted by Crippen LogP contribution is -2.56. The molecular weight excluding hydrogens is 347 g/mol. The van der Waals surface area contributed by atoms with Gasteiger partial charge in [-0.15, -0.1) is 0 Å². The molecule has 0 aliphatic carbocycles. The predicted octanol–water partition coefficient (Wildman–Crippen LogP) is 1.50. The zero-order valence-corrected chi connectivity index (χ0v) is 15.4. The molecule has 1 amide bonds. The number of hydrogen-bond acceptors (Lipinski definition) is 4. The summed E-state index contributed by atoms with van der Waals surface area (Å²) in [5, 5.41) is 2.47. The van der Waals surface area contributed by atoms with Gasteiger partial charge in [0.25, 0.3) is 5.91 Å². The molecule has 1 aromatic rings. The van der Waals surface area contributed by atoms with Crippen LogP contribution in [0.3, 0.4) is 0 Å². The number of ether oxygens (including phenoxy) is 1. The Morgan fingerprint density at radius 2 is 2.12 bits per heavy atom. The van der Waals surface area contributed by atoms with Gasteiger partial charge in [0.2, 0.25) is 15.7 Å². The lowest BCUT2D eigenvalue weighted by Gasteiger charge is -2.35. The number of rotatable bonds is 7. The highest BCUT2D eigenvalue weighted by atomic mass is 32.2. The van der Waals surface area contributed by atoms with Crippen molar-refractivity contribution in [2.24, 2.45) is 0 Å². The van der Waals surface area contributed by atoms with Crippen molar-refractivity contribution < 1.29 is 22.3 Å². The zero-order chi connectivity index (χ0) is 18.5. The maximum atomic E-state index is 15.1. The lowest BCUT2D eigenvalue weighted by molar-refractivity contribution is -0.135. The molecule has 8 heteroatoms. The molecule has 1 aliphatic rings. The molecule has 0 bridgehead atoms. The Labute approximate surface area is 148 Å². The number of amides is 1. The second-order valence-corrected chi connectivity index (χ2v) is 8.02. The Bertz CT molecular complexity index is 710. The van der Waals surface area contributed by atoms with Crippen molar-refractivity contribution in [3.63, 3.8) is 0 Å². The van der Waals surface area contributed by atoms with Crippen LogP contribution in [0.15, 0.2) is 29.2 Å². The minimum Gasteiger partial charge on any atom is -0.383 e. The Hall–Kier alpha value is -1.51. The van der Waals surface area contributed by atoms with E-state index in [1.165, 1.54) is 13.2 Å². The molecule has 140 valence electrons. The minimum absolute atomic E-state index is 0.00720. The SMILES string of the molecule is CCc1ccccc1S(=O)(=O)N1CCCC(F)(C(=O)NCCOC)C1. The molecule has 1 N–H and O–H groups in total. The van der Waals surface area contributed by atoms with Crippen LogP contribution in [0.4, 0.5) is 4.39 Å². The standard InChI is InChI=1S/C17H25FN2O4S/c1-3-14-7-4-5-8-15(14)25(22,23)20-11-6-9-17(18,13-20)16(21)19-10-12-24-2/h4-5,7-8H,3,6,9-13H2,1-2H3,(H,19,21). The monoisotopic (exact) mass is 372 g/mol. The third-order valence-electron chi connectivity index (χ3n) is 4.38. The molecule has 6 nitrogen and oxygen atoms in total. The van der Waals surface area contributed by atoms with Gasteiger partial charge in [0.15, 0.2) is 0 Å². The summed E-state index contributed by atoms with van der Waals surface area (Å²) in [7, 11) is -2.36. The Balaban J connectivity index is 2.21. The number of nitrogens with one attached hydrogen (secondary N) is 1. The second-order valence-electron chi connectivity index (χ2n) is 6.12. The fraction of sp³-hybridized carbons (Fsp3) is 0.588. The topological polar surface area (TPSA) is 75.7 Å². The van der Waals surface area contributed by atoms with Crippen LogP contribution in [0.5, 0.6) is 0 Å². The van der Waals surface area contributed by atoms with Gasteiger partial charge in [-0.2, -0.15) is 4.31 Å². The lowest BCUT2D eigenvalue weighted by atomic mass is 9.95. The number of benzene rings is 1. The van der Waals surface area contributed by atoms with E-state index in [1.807, 2.05) is 6.92 Å². The van der Waals surface area contributed by atoms with Crippen molar-refractivity contribution in [2.45, 2.75) is 36.8 Å². The van der Waals surface area contributed by atoms with Crippen LogP contribution < -0.4 is 5.32 Å². The van der Waals surface area contributed by atoms with Gasteiger partial charge in [-0.05, 0) is 30.9 Å². The van der Waals surface area contributed by atoms with E-state index in [0.717, 1.165) is 4.31 Å². The number of methoxy groups -OCH3 is 1. The van der Waals surface area contributed by atoms with Crippen molar-refractivity contribution >= 4 is 15.9 Å². The number of hydrogen-bond donors (Lipinski definition) is 1. The van der Waals surface area contributed by atoms with Crippen molar-refractivity contribution in [1.29, 1.82) is 0 Å². The minimum atomic E-state index is -3.85. The van der Waals surface area contributed by atoms with Gasteiger partial charge in [0, 0.05) is 20.2 Å². The average molecular weight is 372 g/mol. The first-order valence-corrected chi connectivity index (χ1v) is 9.83. The molecule has 1 unspecified atom stereocenters. The van der Waals surface area contributed by atoms with Gasteiger partial charge in [0.05, 0.1) is 18.0 Å². The summed E-state index contributed by atoms with van der Waals surface area (Å²) in [6.07, 6.45) is 0.858. The fourth-order valence-corrected chi connectivity index (χ4v) is 4.79. The van der Waals surface area contributed by atoms with Crippen LogP contribution in [0.2, 0.25) is 0 Å². The van der Waals surface area contributed by atoms with Crippen molar-refractivity contribution in [3.8, 4) is 0 Å². The summed E-state index contributed by atoms with van der Waals surface area (Å²) >= 11 is 0. The molecule has 0 spiro atoms. The molecule has 0 radical (unpaired) electrons. The normalized spacial score (nSPS) is 21.9. The van der Waals surface area contributed by atoms with E-state index in [9.17, 15) is 13.2 Å². The van der Waals surface area contributed by atoms with Crippen LogP contribution in [0, 0.1) is 0 Å². The summed E-state index contributed by atoms with van der Waals surface area (Å²) in [4.78, 5) is 12.3. The number of nitrogens with zero attached hydrogens (tertiary/aromatic N) is 1. The number of aryl methyl sites for hydroxylation is 1. The zero-order valence-electron chi connectivity index (χ0n) is 14.6. The first kappa shape index (κ1) is 19.8. The number of piperidine rings is 1.